The van der Waals surface area contributed by atoms with Crippen LogP contribution >= 0.6 is 23.2 Å². The summed E-state index contributed by atoms with van der Waals surface area (Å²) in [7, 11) is 0. The average molecular weight is 494 g/mol. The van der Waals surface area contributed by atoms with E-state index in [4.69, 9.17) is 38.4 Å². The van der Waals surface area contributed by atoms with E-state index in [0.717, 1.165) is 18.8 Å². The van der Waals surface area contributed by atoms with Crippen molar-refractivity contribution in [2.24, 2.45) is 0 Å². The van der Waals surface area contributed by atoms with Gasteiger partial charge in [0.1, 0.15) is 5.75 Å². The Bertz CT molecular complexity index is 1130. The summed E-state index contributed by atoms with van der Waals surface area (Å²) in [6.07, 6.45) is 1.69. The van der Waals surface area contributed by atoms with E-state index in [0.29, 0.717) is 30.5 Å². The van der Waals surface area contributed by atoms with E-state index in [1.165, 1.54) is 24.3 Å². The lowest BCUT2D eigenvalue weighted by Gasteiger charge is -2.25. The standard InChI is InChI=1S/C22H22Cl2FN5O3/c23-14-7-15(26)9-17(8-14)33-20-18(24)2-1-13(19(20)25)10-28-22(31)21-27-11-16(29-21)12-30-3-5-32-6-4-30/h1-2,7-9,11H,3-6,10,12,26H2,(H,27,29)(H,28,31). The quantitative estimate of drug-likeness (QED) is 0.429. The van der Waals surface area contributed by atoms with Gasteiger partial charge < -0.3 is 25.5 Å². The highest BCUT2D eigenvalue weighted by molar-refractivity contribution is 6.32. The monoisotopic (exact) mass is 493 g/mol. The zero-order chi connectivity index (χ0) is 23.4. The van der Waals surface area contributed by atoms with E-state index in [-0.39, 0.29) is 34.5 Å². The topological polar surface area (TPSA) is 106 Å². The molecule has 8 nitrogen and oxygen atoms in total. The molecular formula is C22H22Cl2FN5O3. The number of H-pyrrole nitrogens is 1. The number of nitrogens with zero attached hydrogens (tertiary/aromatic N) is 2. The van der Waals surface area contributed by atoms with Gasteiger partial charge >= 0.3 is 0 Å². The van der Waals surface area contributed by atoms with Crippen LogP contribution in [-0.4, -0.2) is 47.1 Å². The number of nitrogens with two attached hydrogens (primary N) is 1. The van der Waals surface area contributed by atoms with Crippen LogP contribution in [0.4, 0.5) is 10.1 Å². The number of carbonyl (C=O) groups is 1. The Balaban J connectivity index is 1.41. The molecule has 0 aliphatic carbocycles. The van der Waals surface area contributed by atoms with Crippen molar-refractivity contribution in [1.82, 2.24) is 20.2 Å². The normalized spacial score (nSPS) is 14.3. The predicted octanol–water partition coefficient (Wildman–Crippen LogP) is 3.99. The van der Waals surface area contributed by atoms with Crippen molar-refractivity contribution in [2.45, 2.75) is 13.1 Å². The number of nitrogens with one attached hydrogen (secondary N) is 2. The van der Waals surface area contributed by atoms with Gasteiger partial charge in [-0.05, 0) is 18.2 Å². The number of hydrogen-bond acceptors (Lipinski definition) is 6. The third-order valence-electron chi connectivity index (χ3n) is 5.02. The number of halogens is 3. The number of benzene rings is 2. The number of aromatic amines is 1. The van der Waals surface area contributed by atoms with Crippen molar-refractivity contribution in [3.05, 3.63) is 69.5 Å². The molecule has 11 heteroatoms. The van der Waals surface area contributed by atoms with Crippen molar-refractivity contribution >= 4 is 34.8 Å². The zero-order valence-corrected chi connectivity index (χ0v) is 19.0. The fourth-order valence-electron chi connectivity index (χ4n) is 3.37. The molecule has 0 unspecified atom stereocenters. The van der Waals surface area contributed by atoms with Crippen LogP contribution in [0.3, 0.4) is 0 Å². The molecule has 0 bridgehead atoms. The van der Waals surface area contributed by atoms with Crippen LogP contribution in [0.15, 0.2) is 36.5 Å². The Hall–Kier alpha value is -2.85. The van der Waals surface area contributed by atoms with Crippen molar-refractivity contribution in [3.63, 3.8) is 0 Å². The molecule has 174 valence electrons. The number of carbonyl (C=O) groups excluding carboxylic acids is 1. The van der Waals surface area contributed by atoms with Crippen LogP contribution in [0.5, 0.6) is 11.5 Å². The fraction of sp³-hybridized carbons (Fsp3) is 0.273. The zero-order valence-electron chi connectivity index (χ0n) is 17.5. The molecule has 0 radical (unpaired) electrons. The summed E-state index contributed by atoms with van der Waals surface area (Å²) in [5, 5.41) is 3.07. The molecule has 33 heavy (non-hydrogen) atoms. The Morgan fingerprint density at radius 3 is 2.82 bits per heavy atom. The maximum absolute atomic E-state index is 15.1. The largest absolute Gasteiger partial charge is 0.453 e. The van der Waals surface area contributed by atoms with Gasteiger partial charge in [0.25, 0.3) is 5.91 Å². The first-order valence-electron chi connectivity index (χ1n) is 10.2. The molecule has 4 N–H and O–H groups in total. The molecule has 0 spiro atoms. The first-order valence-corrected chi connectivity index (χ1v) is 11.0. The lowest BCUT2D eigenvalue weighted by molar-refractivity contribution is 0.0337. The third-order valence-corrected chi connectivity index (χ3v) is 5.53. The number of nitrogen functional groups attached to an aromatic ring is 1. The number of imidazole rings is 1. The van der Waals surface area contributed by atoms with E-state index in [1.807, 2.05) is 0 Å². The minimum Gasteiger partial charge on any atom is -0.453 e. The second-order valence-electron chi connectivity index (χ2n) is 7.48. The number of amides is 1. The number of ether oxygens (including phenoxy) is 2. The van der Waals surface area contributed by atoms with Gasteiger partial charge in [0.15, 0.2) is 17.4 Å². The molecule has 1 fully saturated rings. The van der Waals surface area contributed by atoms with Crippen LogP contribution in [0, 0.1) is 5.82 Å². The number of rotatable bonds is 7. The van der Waals surface area contributed by atoms with E-state index < -0.39 is 11.7 Å². The van der Waals surface area contributed by atoms with Gasteiger partial charge in [0.2, 0.25) is 0 Å². The smallest absolute Gasteiger partial charge is 0.287 e. The van der Waals surface area contributed by atoms with Gasteiger partial charge in [-0.15, -0.1) is 0 Å². The molecule has 0 atom stereocenters. The number of hydrogen-bond donors (Lipinski definition) is 3. The molecule has 4 rings (SSSR count). The molecule has 1 aliphatic heterocycles. The van der Waals surface area contributed by atoms with Crippen molar-refractivity contribution in [2.75, 3.05) is 32.0 Å². The van der Waals surface area contributed by atoms with Crippen LogP contribution < -0.4 is 15.8 Å². The molecule has 1 saturated heterocycles. The van der Waals surface area contributed by atoms with Gasteiger partial charge in [-0.3, -0.25) is 9.69 Å². The number of anilines is 1. The van der Waals surface area contributed by atoms with E-state index in [1.54, 1.807) is 12.3 Å². The minimum absolute atomic E-state index is 0.0694. The Labute approximate surface area is 199 Å². The Morgan fingerprint density at radius 1 is 1.27 bits per heavy atom. The maximum Gasteiger partial charge on any atom is 0.287 e. The average Bonchev–Trinajstić information content (AvgIpc) is 3.24. The maximum atomic E-state index is 15.1. The van der Waals surface area contributed by atoms with Gasteiger partial charge in [0.05, 0.1) is 23.9 Å². The van der Waals surface area contributed by atoms with Crippen molar-refractivity contribution in [3.8, 4) is 11.5 Å². The van der Waals surface area contributed by atoms with Gasteiger partial charge in [0, 0.05) is 54.7 Å². The SMILES string of the molecule is Nc1cc(Cl)cc(Oc2c(Cl)ccc(CNC(=O)c3nc(CN4CCOCC4)c[nH]3)c2F)c1. The first-order chi connectivity index (χ1) is 15.9. The minimum atomic E-state index is -0.700. The predicted molar refractivity (Wildman–Crippen MR) is 123 cm³/mol. The second kappa shape index (κ2) is 10.4. The molecule has 0 saturated carbocycles. The highest BCUT2D eigenvalue weighted by atomic mass is 35.5. The molecule has 2 heterocycles. The van der Waals surface area contributed by atoms with Gasteiger partial charge in [-0.1, -0.05) is 29.3 Å². The first kappa shape index (κ1) is 23.3. The van der Waals surface area contributed by atoms with Crippen molar-refractivity contribution in [1.29, 1.82) is 0 Å². The van der Waals surface area contributed by atoms with Crippen LogP contribution in [0.1, 0.15) is 21.9 Å². The summed E-state index contributed by atoms with van der Waals surface area (Å²) < 4.78 is 26.0. The second-order valence-corrected chi connectivity index (χ2v) is 8.33. The fourth-order valence-corrected chi connectivity index (χ4v) is 3.79. The number of morpholine rings is 1. The van der Waals surface area contributed by atoms with E-state index >= 15 is 4.39 Å². The third kappa shape index (κ3) is 5.94. The molecule has 1 amide bonds. The van der Waals surface area contributed by atoms with Crippen molar-refractivity contribution < 1.29 is 18.7 Å². The summed E-state index contributed by atoms with van der Waals surface area (Å²) in [6.45, 7) is 3.53. The lowest BCUT2D eigenvalue weighted by atomic mass is 10.2. The summed E-state index contributed by atoms with van der Waals surface area (Å²) in [4.78, 5) is 21.9. The highest BCUT2D eigenvalue weighted by Crippen LogP contribution is 2.35. The molecule has 2 aromatic carbocycles. The number of aromatic nitrogens is 2. The molecule has 1 aromatic heterocycles. The summed E-state index contributed by atoms with van der Waals surface area (Å²) >= 11 is 12.1. The van der Waals surface area contributed by atoms with Gasteiger partial charge in [-0.25, -0.2) is 9.37 Å². The molecule has 3 aromatic rings. The lowest BCUT2D eigenvalue weighted by Crippen LogP contribution is -2.35. The summed E-state index contributed by atoms with van der Waals surface area (Å²) in [6, 6.07) is 7.50. The van der Waals surface area contributed by atoms with E-state index in [2.05, 4.69) is 20.2 Å². The summed E-state index contributed by atoms with van der Waals surface area (Å²) in [5.74, 6) is -0.948. The van der Waals surface area contributed by atoms with Crippen LogP contribution in [0.25, 0.3) is 0 Å². The highest BCUT2D eigenvalue weighted by Gasteiger charge is 2.18. The Kier molecular flexibility index (Phi) is 7.34. The van der Waals surface area contributed by atoms with Crippen LogP contribution in [0.2, 0.25) is 10.0 Å². The Morgan fingerprint density at radius 2 is 2.06 bits per heavy atom. The molecule has 1 aliphatic rings. The molecular weight excluding hydrogens is 472 g/mol. The van der Waals surface area contributed by atoms with Crippen LogP contribution in [-0.2, 0) is 17.8 Å². The summed E-state index contributed by atoms with van der Waals surface area (Å²) in [5.41, 5.74) is 7.06. The van der Waals surface area contributed by atoms with E-state index in [9.17, 15) is 4.79 Å². The van der Waals surface area contributed by atoms with Gasteiger partial charge in [-0.2, -0.15) is 0 Å².